The molecular weight excluding hydrogens is 234 g/mol. The quantitative estimate of drug-likeness (QED) is 0.772. The van der Waals surface area contributed by atoms with Crippen molar-refractivity contribution >= 4 is 0 Å². The van der Waals surface area contributed by atoms with Gasteiger partial charge in [0.1, 0.15) is 6.07 Å². The second kappa shape index (κ2) is 3.62. The lowest BCUT2D eigenvalue weighted by atomic mass is 9.53. The largest absolute Gasteiger partial charge is 0.262 e. The van der Waals surface area contributed by atoms with Crippen LogP contribution >= 0.6 is 0 Å². The average molecular weight is 255 g/mol. The minimum absolute atomic E-state index is 0.249. The van der Waals surface area contributed by atoms with Crippen molar-refractivity contribution < 1.29 is 0 Å². The predicted octanol–water partition coefficient (Wildman–Crippen LogP) is 3.30. The maximum atomic E-state index is 9.29. The molecular formula is C16H21N3. The smallest absolute Gasteiger partial charge is 0.103 e. The minimum Gasteiger partial charge on any atom is -0.262 e. The highest BCUT2D eigenvalue weighted by Crippen LogP contribution is 2.58. The first-order chi connectivity index (χ1) is 9.11. The van der Waals surface area contributed by atoms with E-state index in [0.29, 0.717) is 0 Å². The third kappa shape index (κ3) is 1.46. The van der Waals surface area contributed by atoms with Crippen LogP contribution in [-0.4, -0.2) is 9.78 Å². The van der Waals surface area contributed by atoms with Crippen molar-refractivity contribution in [1.82, 2.24) is 9.78 Å². The van der Waals surface area contributed by atoms with Crippen LogP contribution in [0.3, 0.4) is 0 Å². The van der Waals surface area contributed by atoms with Crippen molar-refractivity contribution in [2.45, 2.75) is 57.9 Å². The first-order valence-electron chi connectivity index (χ1n) is 7.58. The van der Waals surface area contributed by atoms with Gasteiger partial charge in [0.15, 0.2) is 0 Å². The third-order valence-electron chi connectivity index (χ3n) is 5.86. The maximum Gasteiger partial charge on any atom is 0.103 e. The fourth-order valence-electron chi connectivity index (χ4n) is 5.59. The van der Waals surface area contributed by atoms with Crippen LogP contribution in [0.2, 0.25) is 0 Å². The first-order valence-corrected chi connectivity index (χ1v) is 7.58. The number of hydrogen-bond acceptors (Lipinski definition) is 2. The van der Waals surface area contributed by atoms with E-state index < -0.39 is 0 Å². The van der Waals surface area contributed by atoms with E-state index in [1.54, 1.807) is 0 Å². The fraction of sp³-hybridized carbons (Fsp3) is 0.750. The van der Waals surface area contributed by atoms with Gasteiger partial charge in [0.2, 0.25) is 0 Å². The molecule has 0 radical (unpaired) electrons. The molecule has 0 aromatic carbocycles. The van der Waals surface area contributed by atoms with E-state index in [1.165, 1.54) is 38.5 Å². The summed E-state index contributed by atoms with van der Waals surface area (Å²) in [4.78, 5) is 0. The molecule has 4 aliphatic rings. The molecule has 4 bridgehead atoms. The molecule has 100 valence electrons. The molecule has 1 aromatic rings. The van der Waals surface area contributed by atoms with Crippen molar-refractivity contribution in [2.24, 2.45) is 17.8 Å². The van der Waals surface area contributed by atoms with Gasteiger partial charge in [0.25, 0.3) is 0 Å². The molecule has 1 aromatic heterocycles. The Labute approximate surface area is 114 Å². The fourth-order valence-corrected chi connectivity index (χ4v) is 5.59. The third-order valence-corrected chi connectivity index (χ3v) is 5.86. The number of rotatable bonds is 1. The number of nitriles is 1. The van der Waals surface area contributed by atoms with Gasteiger partial charge in [-0.3, -0.25) is 4.68 Å². The van der Waals surface area contributed by atoms with Crippen LogP contribution in [0, 0.1) is 42.9 Å². The van der Waals surface area contributed by atoms with Gasteiger partial charge < -0.3 is 0 Å². The van der Waals surface area contributed by atoms with Crippen LogP contribution in [0.5, 0.6) is 0 Å². The molecule has 19 heavy (non-hydrogen) atoms. The number of aromatic nitrogens is 2. The molecule has 0 N–H and O–H groups in total. The molecule has 0 aliphatic heterocycles. The number of nitrogens with zero attached hydrogens (tertiary/aromatic N) is 3. The normalized spacial score (nSPS) is 39.5. The van der Waals surface area contributed by atoms with E-state index in [2.05, 4.69) is 17.7 Å². The summed E-state index contributed by atoms with van der Waals surface area (Å²) in [6.07, 6.45) is 8.24. The van der Waals surface area contributed by atoms with Gasteiger partial charge in [-0.05, 0) is 70.1 Å². The van der Waals surface area contributed by atoms with Crippen molar-refractivity contribution in [1.29, 1.82) is 5.26 Å². The zero-order valence-electron chi connectivity index (χ0n) is 11.8. The molecule has 0 spiro atoms. The molecule has 0 unspecified atom stereocenters. The molecule has 4 saturated carbocycles. The monoisotopic (exact) mass is 255 g/mol. The Kier molecular flexibility index (Phi) is 2.20. The van der Waals surface area contributed by atoms with Crippen LogP contribution < -0.4 is 0 Å². The van der Waals surface area contributed by atoms with Crippen molar-refractivity contribution in [3.8, 4) is 6.07 Å². The SMILES string of the molecule is Cc1nn(C23CC4CC(CC(C4)C2)C3)c(C)c1C#N. The van der Waals surface area contributed by atoms with Gasteiger partial charge in [-0.1, -0.05) is 0 Å². The van der Waals surface area contributed by atoms with E-state index in [-0.39, 0.29) is 5.54 Å². The van der Waals surface area contributed by atoms with Crippen LogP contribution in [0.4, 0.5) is 0 Å². The van der Waals surface area contributed by atoms with Crippen molar-refractivity contribution in [2.75, 3.05) is 0 Å². The molecule has 1 heterocycles. The van der Waals surface area contributed by atoms with E-state index in [1.807, 2.05) is 6.92 Å². The van der Waals surface area contributed by atoms with Gasteiger partial charge >= 0.3 is 0 Å². The lowest BCUT2D eigenvalue weighted by molar-refractivity contribution is -0.0505. The Morgan fingerprint density at radius 3 is 2.05 bits per heavy atom. The summed E-state index contributed by atoms with van der Waals surface area (Å²) in [5, 5.41) is 14.1. The van der Waals surface area contributed by atoms with Gasteiger partial charge in [-0.15, -0.1) is 0 Å². The molecule has 3 heteroatoms. The van der Waals surface area contributed by atoms with Crippen LogP contribution in [0.25, 0.3) is 0 Å². The molecule has 3 nitrogen and oxygen atoms in total. The van der Waals surface area contributed by atoms with Gasteiger partial charge in [-0.25, -0.2) is 0 Å². The Hall–Kier alpha value is -1.30. The molecule has 4 fully saturated rings. The Morgan fingerprint density at radius 1 is 1.11 bits per heavy atom. The standard InChI is InChI=1S/C16H21N3/c1-10-15(9-17)11(2)19(18-10)16-6-12-3-13(7-16)5-14(4-12)8-16/h12-14H,3-8H2,1-2H3. The zero-order valence-corrected chi connectivity index (χ0v) is 11.8. The van der Waals surface area contributed by atoms with Crippen LogP contribution in [0.15, 0.2) is 0 Å². The van der Waals surface area contributed by atoms with E-state index in [9.17, 15) is 5.26 Å². The highest BCUT2D eigenvalue weighted by atomic mass is 15.3. The van der Waals surface area contributed by atoms with Gasteiger partial charge in [0.05, 0.1) is 22.5 Å². The van der Waals surface area contributed by atoms with E-state index in [0.717, 1.165) is 34.7 Å². The molecule has 5 rings (SSSR count). The number of hydrogen-bond donors (Lipinski definition) is 0. The van der Waals surface area contributed by atoms with Crippen molar-refractivity contribution in [3.63, 3.8) is 0 Å². The molecule has 4 aliphatic carbocycles. The van der Waals surface area contributed by atoms with Crippen molar-refractivity contribution in [3.05, 3.63) is 17.0 Å². The van der Waals surface area contributed by atoms with Crippen LogP contribution in [0.1, 0.15) is 55.5 Å². The number of aryl methyl sites for hydroxylation is 1. The summed E-state index contributed by atoms with van der Waals surface area (Å²) in [5.74, 6) is 2.75. The maximum absolute atomic E-state index is 9.29. The summed E-state index contributed by atoms with van der Waals surface area (Å²) in [7, 11) is 0. The summed E-state index contributed by atoms with van der Waals surface area (Å²) < 4.78 is 2.26. The molecule has 0 saturated heterocycles. The van der Waals surface area contributed by atoms with Crippen LogP contribution in [-0.2, 0) is 5.54 Å². The van der Waals surface area contributed by atoms with E-state index in [4.69, 9.17) is 5.10 Å². The molecule has 0 amide bonds. The van der Waals surface area contributed by atoms with Gasteiger partial charge in [-0.2, -0.15) is 10.4 Å². The average Bonchev–Trinajstić information content (AvgIpc) is 2.63. The summed E-state index contributed by atoms with van der Waals surface area (Å²) in [6.45, 7) is 4.06. The zero-order chi connectivity index (χ0) is 13.2. The highest BCUT2D eigenvalue weighted by Gasteiger charge is 2.52. The van der Waals surface area contributed by atoms with Gasteiger partial charge in [0, 0.05) is 0 Å². The second-order valence-electron chi connectivity index (χ2n) is 7.21. The van der Waals surface area contributed by atoms with E-state index >= 15 is 0 Å². The first kappa shape index (κ1) is 11.5. The predicted molar refractivity (Wildman–Crippen MR) is 72.6 cm³/mol. The lowest BCUT2D eigenvalue weighted by Gasteiger charge is -2.56. The topological polar surface area (TPSA) is 41.6 Å². The Bertz CT molecular complexity index is 540. The molecule has 0 atom stereocenters. The Balaban J connectivity index is 1.82. The Morgan fingerprint density at radius 2 is 1.63 bits per heavy atom. The lowest BCUT2D eigenvalue weighted by Crippen LogP contribution is -2.52. The summed E-state index contributed by atoms with van der Waals surface area (Å²) in [5.41, 5.74) is 3.06. The second-order valence-corrected chi connectivity index (χ2v) is 7.21. The minimum atomic E-state index is 0.249. The summed E-state index contributed by atoms with van der Waals surface area (Å²) in [6, 6.07) is 2.33. The summed E-state index contributed by atoms with van der Waals surface area (Å²) >= 11 is 0. The highest BCUT2D eigenvalue weighted by molar-refractivity contribution is 5.37.